The number of aryl methyl sites for hydroxylation is 1. The van der Waals surface area contributed by atoms with Crippen molar-refractivity contribution in [1.29, 1.82) is 0 Å². The number of hydrogen-bond donors (Lipinski definition) is 1. The van der Waals surface area contributed by atoms with Gasteiger partial charge in [0.1, 0.15) is 5.82 Å². The third kappa shape index (κ3) is 3.12. The van der Waals surface area contributed by atoms with Gasteiger partial charge in [0.05, 0.1) is 5.56 Å². The topological polar surface area (TPSA) is 63.1 Å². The molecule has 0 saturated carbocycles. The molecule has 0 saturated heterocycles. The zero-order valence-electron chi connectivity index (χ0n) is 8.23. The summed E-state index contributed by atoms with van der Waals surface area (Å²) in [7, 11) is 0. The van der Waals surface area contributed by atoms with Crippen molar-refractivity contribution in [2.45, 2.75) is 32.6 Å². The summed E-state index contributed by atoms with van der Waals surface area (Å²) in [5.41, 5.74) is 0.143. The average Bonchev–Trinajstić information content (AvgIpc) is 2.19. The van der Waals surface area contributed by atoms with Gasteiger partial charge in [-0.3, -0.25) is 0 Å². The van der Waals surface area contributed by atoms with Crippen LogP contribution in [0.2, 0.25) is 0 Å². The van der Waals surface area contributed by atoms with Crippen molar-refractivity contribution >= 4 is 5.97 Å². The number of aromatic carboxylic acids is 1. The molecule has 0 amide bonds. The molecule has 4 heteroatoms. The maximum absolute atomic E-state index is 10.5. The minimum absolute atomic E-state index is 0.143. The summed E-state index contributed by atoms with van der Waals surface area (Å²) in [5.74, 6) is -0.256. The highest BCUT2D eigenvalue weighted by Crippen LogP contribution is 2.02. The molecule has 14 heavy (non-hydrogen) atoms. The molecule has 1 aromatic heterocycles. The second-order valence-corrected chi connectivity index (χ2v) is 3.15. The summed E-state index contributed by atoms with van der Waals surface area (Å²) in [6.45, 7) is 2.13. The van der Waals surface area contributed by atoms with E-state index in [0.717, 1.165) is 31.5 Å². The molecule has 0 aliphatic heterocycles. The van der Waals surface area contributed by atoms with Crippen molar-refractivity contribution < 1.29 is 9.90 Å². The molecule has 0 radical (unpaired) electrons. The van der Waals surface area contributed by atoms with Crippen LogP contribution in [0.15, 0.2) is 12.4 Å². The number of unbranched alkanes of at least 4 members (excludes halogenated alkanes) is 2. The Balaban J connectivity index is 2.51. The fourth-order valence-corrected chi connectivity index (χ4v) is 1.13. The fourth-order valence-electron chi connectivity index (χ4n) is 1.13. The molecule has 76 valence electrons. The lowest BCUT2D eigenvalue weighted by Gasteiger charge is -1.98. The number of carboxylic acid groups (broad SMARTS) is 1. The van der Waals surface area contributed by atoms with E-state index in [-0.39, 0.29) is 5.56 Å². The van der Waals surface area contributed by atoms with Gasteiger partial charge in [0.25, 0.3) is 0 Å². The summed E-state index contributed by atoms with van der Waals surface area (Å²) in [6, 6.07) is 0. The zero-order valence-corrected chi connectivity index (χ0v) is 8.23. The van der Waals surface area contributed by atoms with Gasteiger partial charge in [-0.25, -0.2) is 14.8 Å². The van der Waals surface area contributed by atoms with Crippen molar-refractivity contribution in [3.8, 4) is 0 Å². The van der Waals surface area contributed by atoms with E-state index in [0.29, 0.717) is 0 Å². The molecule has 1 N–H and O–H groups in total. The predicted octanol–water partition coefficient (Wildman–Crippen LogP) is 1.91. The van der Waals surface area contributed by atoms with Gasteiger partial charge in [-0.15, -0.1) is 0 Å². The van der Waals surface area contributed by atoms with Crippen molar-refractivity contribution in [3.63, 3.8) is 0 Å². The highest BCUT2D eigenvalue weighted by atomic mass is 16.4. The van der Waals surface area contributed by atoms with Crippen molar-refractivity contribution in [2.75, 3.05) is 0 Å². The van der Waals surface area contributed by atoms with Crippen LogP contribution in [-0.4, -0.2) is 21.0 Å². The number of rotatable bonds is 5. The molecule has 0 bridgehead atoms. The molecule has 4 nitrogen and oxygen atoms in total. The highest BCUT2D eigenvalue weighted by Gasteiger charge is 2.03. The Kier molecular flexibility index (Phi) is 4.04. The zero-order chi connectivity index (χ0) is 10.4. The summed E-state index contributed by atoms with van der Waals surface area (Å²) in [6.07, 6.45) is 6.92. The summed E-state index contributed by atoms with van der Waals surface area (Å²) in [5, 5.41) is 8.61. The van der Waals surface area contributed by atoms with Crippen LogP contribution in [0.3, 0.4) is 0 Å². The molecular weight excluding hydrogens is 180 g/mol. The van der Waals surface area contributed by atoms with Crippen LogP contribution in [0.25, 0.3) is 0 Å². The first-order chi connectivity index (χ1) is 6.74. The fraction of sp³-hybridized carbons (Fsp3) is 0.500. The van der Waals surface area contributed by atoms with E-state index in [1.165, 1.54) is 12.4 Å². The SMILES string of the molecule is CCCCCc1ncc(C(=O)O)cn1. The van der Waals surface area contributed by atoms with Gasteiger partial charge in [-0.2, -0.15) is 0 Å². The molecule has 0 aromatic carbocycles. The third-order valence-electron chi connectivity index (χ3n) is 1.96. The Hall–Kier alpha value is -1.45. The van der Waals surface area contributed by atoms with E-state index in [1.54, 1.807) is 0 Å². The molecule has 1 heterocycles. The summed E-state index contributed by atoms with van der Waals surface area (Å²) in [4.78, 5) is 18.5. The van der Waals surface area contributed by atoms with Gasteiger partial charge >= 0.3 is 5.97 Å². The Bertz CT molecular complexity index is 295. The monoisotopic (exact) mass is 194 g/mol. The lowest BCUT2D eigenvalue weighted by molar-refractivity contribution is 0.0696. The maximum Gasteiger partial charge on any atom is 0.338 e. The lowest BCUT2D eigenvalue weighted by atomic mass is 10.2. The Morgan fingerprint density at radius 1 is 1.36 bits per heavy atom. The molecule has 1 rings (SSSR count). The van der Waals surface area contributed by atoms with E-state index in [1.807, 2.05) is 0 Å². The van der Waals surface area contributed by atoms with Gasteiger partial charge in [0.15, 0.2) is 0 Å². The molecule has 0 fully saturated rings. The minimum atomic E-state index is -0.981. The largest absolute Gasteiger partial charge is 0.478 e. The molecule has 1 aromatic rings. The maximum atomic E-state index is 10.5. The molecule has 0 aliphatic carbocycles. The Labute approximate surface area is 83.0 Å². The first-order valence-electron chi connectivity index (χ1n) is 4.78. The van der Waals surface area contributed by atoms with E-state index >= 15 is 0 Å². The van der Waals surface area contributed by atoms with Crippen molar-refractivity contribution in [3.05, 3.63) is 23.8 Å². The van der Waals surface area contributed by atoms with Gasteiger partial charge < -0.3 is 5.11 Å². The highest BCUT2D eigenvalue weighted by molar-refractivity contribution is 5.86. The van der Waals surface area contributed by atoms with Crippen molar-refractivity contribution in [1.82, 2.24) is 9.97 Å². The molecular formula is C10H14N2O2. The predicted molar refractivity (Wildman–Crippen MR) is 52.2 cm³/mol. The molecule has 0 spiro atoms. The van der Waals surface area contributed by atoms with E-state index in [9.17, 15) is 4.79 Å². The standard InChI is InChI=1S/C10H14N2O2/c1-2-3-4-5-9-11-6-8(7-12-9)10(13)14/h6-7H,2-5H2,1H3,(H,13,14). The van der Waals surface area contributed by atoms with Crippen LogP contribution < -0.4 is 0 Å². The van der Waals surface area contributed by atoms with Crippen LogP contribution >= 0.6 is 0 Å². The quantitative estimate of drug-likeness (QED) is 0.727. The second kappa shape index (κ2) is 5.32. The smallest absolute Gasteiger partial charge is 0.338 e. The number of hydrogen-bond acceptors (Lipinski definition) is 3. The normalized spacial score (nSPS) is 10.1. The lowest BCUT2D eigenvalue weighted by Crippen LogP contribution is -2.01. The number of carbonyl (C=O) groups is 1. The van der Waals surface area contributed by atoms with Crippen LogP contribution in [0.4, 0.5) is 0 Å². The molecule has 0 unspecified atom stereocenters. The van der Waals surface area contributed by atoms with Crippen LogP contribution in [0.5, 0.6) is 0 Å². The van der Waals surface area contributed by atoms with Crippen LogP contribution in [-0.2, 0) is 6.42 Å². The van der Waals surface area contributed by atoms with Crippen molar-refractivity contribution in [2.24, 2.45) is 0 Å². The molecule has 0 atom stereocenters. The second-order valence-electron chi connectivity index (χ2n) is 3.15. The van der Waals surface area contributed by atoms with E-state index in [2.05, 4.69) is 16.9 Å². The Morgan fingerprint density at radius 2 is 2.00 bits per heavy atom. The summed E-state index contributed by atoms with van der Waals surface area (Å²) >= 11 is 0. The first kappa shape index (κ1) is 10.6. The minimum Gasteiger partial charge on any atom is -0.478 e. The first-order valence-corrected chi connectivity index (χ1v) is 4.78. The van der Waals surface area contributed by atoms with Crippen LogP contribution in [0.1, 0.15) is 42.4 Å². The average molecular weight is 194 g/mol. The number of carboxylic acids is 1. The number of nitrogens with zero attached hydrogens (tertiary/aromatic N) is 2. The van der Waals surface area contributed by atoms with Gasteiger partial charge in [-0.1, -0.05) is 19.8 Å². The third-order valence-corrected chi connectivity index (χ3v) is 1.96. The summed E-state index contributed by atoms with van der Waals surface area (Å²) < 4.78 is 0. The molecule has 0 aliphatic rings. The van der Waals surface area contributed by atoms with Crippen LogP contribution in [0, 0.1) is 0 Å². The Morgan fingerprint density at radius 3 is 2.50 bits per heavy atom. The number of aromatic nitrogens is 2. The van der Waals surface area contributed by atoms with Gasteiger partial charge in [-0.05, 0) is 6.42 Å². The van der Waals surface area contributed by atoms with Gasteiger partial charge in [0, 0.05) is 18.8 Å². The van der Waals surface area contributed by atoms with E-state index < -0.39 is 5.97 Å². The van der Waals surface area contributed by atoms with Gasteiger partial charge in [0.2, 0.25) is 0 Å². The van der Waals surface area contributed by atoms with E-state index in [4.69, 9.17) is 5.11 Å².